The fourth-order valence-corrected chi connectivity index (χ4v) is 7.84. The van der Waals surface area contributed by atoms with Gasteiger partial charge in [0.05, 0.1) is 30.3 Å². The van der Waals surface area contributed by atoms with Gasteiger partial charge < -0.3 is 24.5 Å². The number of thioether (sulfide) groups is 1. The van der Waals surface area contributed by atoms with E-state index in [-0.39, 0.29) is 29.2 Å². The second-order valence-corrected chi connectivity index (χ2v) is 12.0. The lowest BCUT2D eigenvalue weighted by Gasteiger charge is -2.30. The molecule has 0 spiro atoms. The molecule has 3 amide bonds. The van der Waals surface area contributed by atoms with Crippen LogP contribution in [-0.4, -0.2) is 48.3 Å². The van der Waals surface area contributed by atoms with Crippen LogP contribution in [0.4, 0.5) is 11.4 Å². The van der Waals surface area contributed by atoms with Crippen LogP contribution in [0.25, 0.3) is 0 Å². The number of para-hydroxylation sites is 1. The van der Waals surface area contributed by atoms with Crippen LogP contribution in [-0.2, 0) is 14.4 Å². The molecule has 1 saturated heterocycles. The first kappa shape index (κ1) is 28.6. The molecule has 3 unspecified atom stereocenters. The second kappa shape index (κ2) is 12.0. The lowest BCUT2D eigenvalue weighted by atomic mass is 9.83. The first-order chi connectivity index (χ1) is 20.9. The molecule has 6 rings (SSSR count). The van der Waals surface area contributed by atoms with Crippen molar-refractivity contribution in [3.63, 3.8) is 0 Å². The molecule has 3 heterocycles. The van der Waals surface area contributed by atoms with Gasteiger partial charge in [0.1, 0.15) is 11.0 Å². The number of H-pyrrole nitrogens is 1. The molecule has 43 heavy (non-hydrogen) atoms. The molecule has 3 atom stereocenters. The summed E-state index contributed by atoms with van der Waals surface area (Å²) in [7, 11) is 1.57. The highest BCUT2D eigenvalue weighted by Crippen LogP contribution is 2.53. The number of methoxy groups -OCH3 is 1. The van der Waals surface area contributed by atoms with Crippen LogP contribution >= 0.6 is 23.1 Å². The van der Waals surface area contributed by atoms with E-state index in [2.05, 4.69) is 10.3 Å². The Bertz CT molecular complexity index is 1740. The van der Waals surface area contributed by atoms with Gasteiger partial charge in [-0.2, -0.15) is 0 Å². The number of ether oxygens (including phenoxy) is 3. The number of fused-ring (bicyclic) bond motifs is 2. The largest absolute Gasteiger partial charge is 0.497 e. The minimum Gasteiger partial charge on any atom is -0.497 e. The van der Waals surface area contributed by atoms with Gasteiger partial charge in [0.15, 0.2) is 18.1 Å². The number of nitrogens with one attached hydrogen (secondary N) is 2. The van der Waals surface area contributed by atoms with Gasteiger partial charge in [0.2, 0.25) is 11.8 Å². The van der Waals surface area contributed by atoms with E-state index in [1.54, 1.807) is 73.8 Å². The first-order valence-corrected chi connectivity index (χ1v) is 15.2. The summed E-state index contributed by atoms with van der Waals surface area (Å²) < 4.78 is 16.9. The van der Waals surface area contributed by atoms with Crippen molar-refractivity contribution < 1.29 is 28.6 Å². The van der Waals surface area contributed by atoms with E-state index in [4.69, 9.17) is 14.2 Å². The van der Waals surface area contributed by atoms with Crippen molar-refractivity contribution in [3.05, 3.63) is 92.9 Å². The maximum Gasteiger partial charge on any atom is 0.305 e. The van der Waals surface area contributed by atoms with Crippen molar-refractivity contribution in [1.29, 1.82) is 0 Å². The first-order valence-electron chi connectivity index (χ1n) is 13.5. The molecule has 2 aliphatic heterocycles. The van der Waals surface area contributed by atoms with Crippen molar-refractivity contribution in [2.45, 2.75) is 23.1 Å². The van der Waals surface area contributed by atoms with Crippen LogP contribution in [0.2, 0.25) is 0 Å². The third-order valence-electron chi connectivity index (χ3n) is 7.20. The van der Waals surface area contributed by atoms with Crippen molar-refractivity contribution in [2.75, 3.05) is 30.5 Å². The molecule has 220 valence electrons. The monoisotopic (exact) mass is 617 g/mol. The third kappa shape index (κ3) is 5.51. The van der Waals surface area contributed by atoms with Gasteiger partial charge in [-0.1, -0.05) is 47.4 Å². The number of aromatic nitrogens is 1. The Kier molecular flexibility index (Phi) is 7.96. The number of carbonyl (C=O) groups excluding carboxylic acids is 3. The number of thiazole rings is 1. The summed E-state index contributed by atoms with van der Waals surface area (Å²) in [4.78, 5) is 57.0. The number of hydrogen-bond donors (Lipinski definition) is 2. The number of aromatic amines is 1. The maximum absolute atomic E-state index is 13.9. The van der Waals surface area contributed by atoms with Gasteiger partial charge in [-0.15, -0.1) is 0 Å². The standard InChI is InChI=1S/C31H27N3O7S2/c1-3-40-22-15-17(9-14-21(22)41-16-23(35)32-18-10-12-20(39-2)13-11-18)24-25-27(42-28-26(24)43-31(38)33-28)30(37)34(29(25)36)19-7-5-4-6-8-19/h4-15,24-25,27H,3,16H2,1-2H3,(H,32,35)(H,33,38). The third-order valence-corrected chi connectivity index (χ3v) is 9.60. The average molecular weight is 618 g/mol. The summed E-state index contributed by atoms with van der Waals surface area (Å²) in [6.07, 6.45) is 0. The van der Waals surface area contributed by atoms with Gasteiger partial charge >= 0.3 is 4.87 Å². The summed E-state index contributed by atoms with van der Waals surface area (Å²) >= 11 is 2.26. The fourth-order valence-electron chi connectivity index (χ4n) is 5.33. The zero-order valence-corrected chi connectivity index (χ0v) is 24.8. The number of amides is 3. The van der Waals surface area contributed by atoms with Crippen molar-refractivity contribution >= 4 is 52.2 Å². The molecule has 1 aromatic heterocycles. The zero-order valence-electron chi connectivity index (χ0n) is 23.2. The molecular weight excluding hydrogens is 590 g/mol. The number of rotatable bonds is 9. The number of benzene rings is 3. The normalized spacial score (nSPS) is 19.0. The summed E-state index contributed by atoms with van der Waals surface area (Å²) in [6.45, 7) is 1.89. The molecule has 0 radical (unpaired) electrons. The molecule has 12 heteroatoms. The van der Waals surface area contributed by atoms with Gasteiger partial charge in [-0.3, -0.25) is 19.2 Å². The molecular formula is C31H27N3O7S2. The minimum atomic E-state index is -0.729. The van der Waals surface area contributed by atoms with E-state index in [9.17, 15) is 19.2 Å². The lowest BCUT2D eigenvalue weighted by Crippen LogP contribution is -2.32. The van der Waals surface area contributed by atoms with Crippen molar-refractivity contribution in [3.8, 4) is 17.2 Å². The van der Waals surface area contributed by atoms with E-state index in [1.165, 1.54) is 16.7 Å². The van der Waals surface area contributed by atoms with Crippen molar-refractivity contribution in [1.82, 2.24) is 4.98 Å². The molecule has 0 saturated carbocycles. The zero-order chi connectivity index (χ0) is 30.1. The van der Waals surface area contributed by atoms with Gasteiger partial charge in [-0.25, -0.2) is 4.90 Å². The maximum atomic E-state index is 13.9. The lowest BCUT2D eigenvalue weighted by molar-refractivity contribution is -0.122. The van der Waals surface area contributed by atoms with Crippen LogP contribution in [0, 0.1) is 5.92 Å². The molecule has 2 aliphatic rings. The summed E-state index contributed by atoms with van der Waals surface area (Å²) in [6, 6.07) is 21.0. The number of carbonyl (C=O) groups is 3. The highest BCUT2D eigenvalue weighted by Gasteiger charge is 2.56. The Morgan fingerprint density at radius 1 is 0.953 bits per heavy atom. The van der Waals surface area contributed by atoms with Crippen molar-refractivity contribution in [2.24, 2.45) is 5.92 Å². The summed E-state index contributed by atoms with van der Waals surface area (Å²) in [5, 5.41) is 2.66. The molecule has 3 aromatic carbocycles. The second-order valence-electron chi connectivity index (χ2n) is 9.80. The Hall–Kier alpha value is -4.55. The van der Waals surface area contributed by atoms with E-state index in [0.717, 1.165) is 11.3 Å². The van der Waals surface area contributed by atoms with E-state index in [1.807, 2.05) is 13.0 Å². The van der Waals surface area contributed by atoms with E-state index in [0.29, 0.717) is 50.7 Å². The predicted octanol–water partition coefficient (Wildman–Crippen LogP) is 4.66. The molecule has 4 aromatic rings. The van der Waals surface area contributed by atoms with Crippen LogP contribution in [0.5, 0.6) is 17.2 Å². The Labute approximate surface area is 255 Å². The van der Waals surface area contributed by atoms with Crippen LogP contribution in [0.3, 0.4) is 0 Å². The quantitative estimate of drug-likeness (QED) is 0.260. The van der Waals surface area contributed by atoms with Gasteiger partial charge in [0, 0.05) is 16.5 Å². The van der Waals surface area contributed by atoms with E-state index >= 15 is 0 Å². The number of anilines is 2. The molecule has 0 aliphatic carbocycles. The van der Waals surface area contributed by atoms with Crippen LogP contribution < -0.4 is 29.3 Å². The van der Waals surface area contributed by atoms with Crippen LogP contribution in [0.15, 0.2) is 82.6 Å². The molecule has 0 bridgehead atoms. The highest BCUT2D eigenvalue weighted by atomic mass is 32.2. The summed E-state index contributed by atoms with van der Waals surface area (Å²) in [5.74, 6) is -0.890. The Morgan fingerprint density at radius 3 is 2.44 bits per heavy atom. The Morgan fingerprint density at radius 2 is 1.72 bits per heavy atom. The molecule has 10 nitrogen and oxygen atoms in total. The van der Waals surface area contributed by atoms with Crippen LogP contribution in [0.1, 0.15) is 23.3 Å². The number of imide groups is 1. The Balaban J connectivity index is 1.29. The minimum absolute atomic E-state index is 0.254. The molecule has 1 fully saturated rings. The highest BCUT2D eigenvalue weighted by molar-refractivity contribution is 8.00. The fraction of sp³-hybridized carbons (Fsp3) is 0.226. The molecule has 2 N–H and O–H groups in total. The smallest absolute Gasteiger partial charge is 0.305 e. The SMILES string of the molecule is CCOc1cc(C2c3sc(=O)[nH]c3SC3C(=O)N(c4ccccc4)C(=O)C32)ccc1OCC(=O)Nc1ccc(OC)cc1. The predicted molar refractivity (Wildman–Crippen MR) is 164 cm³/mol. The number of hydrogen-bond acceptors (Lipinski definition) is 9. The topological polar surface area (TPSA) is 127 Å². The van der Waals surface area contributed by atoms with E-state index < -0.39 is 17.1 Å². The van der Waals surface area contributed by atoms with Gasteiger partial charge in [-0.05, 0) is 61.0 Å². The van der Waals surface area contributed by atoms with Gasteiger partial charge in [0.25, 0.3) is 5.91 Å². The average Bonchev–Trinajstić information content (AvgIpc) is 3.51. The number of nitrogens with zero attached hydrogens (tertiary/aromatic N) is 1. The summed E-state index contributed by atoms with van der Waals surface area (Å²) in [5.41, 5.74) is 1.80.